The molecule has 0 radical (unpaired) electrons. The Bertz CT molecular complexity index is 531. The average molecular weight is 344 g/mol. The normalized spacial score (nSPS) is 57.9. The van der Waals surface area contributed by atoms with Gasteiger partial charge in [0.05, 0.1) is 12.0 Å². The van der Waals surface area contributed by atoms with Crippen molar-refractivity contribution in [1.82, 2.24) is 0 Å². The van der Waals surface area contributed by atoms with Crippen molar-refractivity contribution in [3.8, 4) is 0 Å². The molecule has 0 atom stereocenters. The molecule has 25 heavy (non-hydrogen) atoms. The number of esters is 1. The topological polar surface area (TPSA) is 46.5 Å². The number of ether oxygens (including phenoxy) is 1. The third-order valence-electron chi connectivity index (χ3n) is 9.52. The summed E-state index contributed by atoms with van der Waals surface area (Å²) in [5, 5.41) is 10.4. The molecule has 3 heteroatoms. The monoisotopic (exact) mass is 344 g/mol. The molecule has 0 aromatic heterocycles. The fourth-order valence-electron chi connectivity index (χ4n) is 9.08. The lowest BCUT2D eigenvalue weighted by Gasteiger charge is -2.61. The smallest absolute Gasteiger partial charge is 0.312 e. The van der Waals surface area contributed by atoms with Gasteiger partial charge >= 0.3 is 5.97 Å². The molecule has 3 nitrogen and oxygen atoms in total. The van der Waals surface area contributed by atoms with Gasteiger partial charge in [0.2, 0.25) is 0 Å². The van der Waals surface area contributed by atoms with Crippen molar-refractivity contribution in [3.05, 3.63) is 0 Å². The van der Waals surface area contributed by atoms with Gasteiger partial charge in [0.1, 0.15) is 5.60 Å². The summed E-state index contributed by atoms with van der Waals surface area (Å²) >= 11 is 0. The maximum atomic E-state index is 13.5. The Morgan fingerprint density at radius 1 is 0.760 bits per heavy atom. The van der Waals surface area contributed by atoms with Gasteiger partial charge in [0.25, 0.3) is 0 Å². The summed E-state index contributed by atoms with van der Waals surface area (Å²) < 4.78 is 6.46. The van der Waals surface area contributed by atoms with E-state index >= 15 is 0 Å². The van der Waals surface area contributed by atoms with Crippen LogP contribution in [-0.2, 0) is 9.53 Å². The number of carbonyl (C=O) groups is 1. The summed E-state index contributed by atoms with van der Waals surface area (Å²) in [5.74, 6) is 4.90. The first kappa shape index (κ1) is 15.5. The fraction of sp³-hybridized carbons (Fsp3) is 0.955. The first-order valence-corrected chi connectivity index (χ1v) is 10.9. The van der Waals surface area contributed by atoms with E-state index in [4.69, 9.17) is 4.74 Å². The first-order valence-electron chi connectivity index (χ1n) is 10.9. The summed E-state index contributed by atoms with van der Waals surface area (Å²) in [4.78, 5) is 13.5. The number of hydrogen-bond donors (Lipinski definition) is 1. The van der Waals surface area contributed by atoms with Crippen LogP contribution in [0.4, 0.5) is 0 Å². The Balaban J connectivity index is 1.29. The zero-order chi connectivity index (χ0) is 16.8. The highest BCUT2D eigenvalue weighted by atomic mass is 16.6. The van der Waals surface area contributed by atoms with E-state index in [1.807, 2.05) is 0 Å². The molecular formula is C22H32O3. The lowest BCUT2D eigenvalue weighted by atomic mass is 9.48. The van der Waals surface area contributed by atoms with Crippen LogP contribution in [0.5, 0.6) is 0 Å². The van der Waals surface area contributed by atoms with Crippen LogP contribution in [0.25, 0.3) is 0 Å². The Kier molecular flexibility index (Phi) is 3.11. The summed E-state index contributed by atoms with van der Waals surface area (Å²) in [6, 6.07) is 0. The Labute approximate surface area is 150 Å². The van der Waals surface area contributed by atoms with Gasteiger partial charge in [0, 0.05) is 11.8 Å². The van der Waals surface area contributed by atoms with Crippen molar-refractivity contribution in [2.45, 2.75) is 76.2 Å². The number of carbonyl (C=O) groups excluding carboxylic acids is 1. The van der Waals surface area contributed by atoms with E-state index in [1.165, 1.54) is 51.4 Å². The van der Waals surface area contributed by atoms with Crippen molar-refractivity contribution >= 4 is 5.97 Å². The molecule has 0 aliphatic heterocycles. The van der Waals surface area contributed by atoms with Crippen molar-refractivity contribution in [1.29, 1.82) is 0 Å². The van der Waals surface area contributed by atoms with Crippen molar-refractivity contribution in [2.75, 3.05) is 6.61 Å². The number of hydrogen-bond acceptors (Lipinski definition) is 3. The maximum absolute atomic E-state index is 13.5. The molecule has 0 saturated heterocycles. The van der Waals surface area contributed by atoms with Crippen LogP contribution in [0.1, 0.15) is 70.6 Å². The SMILES string of the molecule is O=C(OC1(CO)C2CC3CC(C2)CC1C3)C12CC3CC(CC(C3)C1)C2. The average Bonchev–Trinajstić information content (AvgIpc) is 2.56. The summed E-state index contributed by atoms with van der Waals surface area (Å²) in [7, 11) is 0. The highest BCUT2D eigenvalue weighted by molar-refractivity contribution is 5.78. The van der Waals surface area contributed by atoms with Crippen molar-refractivity contribution in [2.24, 2.45) is 46.8 Å². The summed E-state index contributed by atoms with van der Waals surface area (Å²) in [5.41, 5.74) is -0.723. The van der Waals surface area contributed by atoms with Gasteiger partial charge in [-0.1, -0.05) is 0 Å². The molecule has 0 amide bonds. The molecule has 8 fully saturated rings. The third kappa shape index (κ3) is 2.05. The summed E-state index contributed by atoms with van der Waals surface area (Å²) in [6.45, 7) is 0.0554. The van der Waals surface area contributed by atoms with Gasteiger partial charge in [-0.3, -0.25) is 4.79 Å². The second-order valence-corrected chi connectivity index (χ2v) is 11.0. The van der Waals surface area contributed by atoms with Crippen molar-refractivity contribution < 1.29 is 14.6 Å². The zero-order valence-corrected chi connectivity index (χ0v) is 15.3. The highest BCUT2D eigenvalue weighted by Crippen LogP contribution is 2.63. The molecular weight excluding hydrogens is 312 g/mol. The Morgan fingerprint density at radius 3 is 1.64 bits per heavy atom. The summed E-state index contributed by atoms with van der Waals surface area (Å²) in [6.07, 6.45) is 13.4. The molecule has 0 aromatic carbocycles. The Morgan fingerprint density at radius 2 is 1.20 bits per heavy atom. The third-order valence-corrected chi connectivity index (χ3v) is 9.52. The first-order chi connectivity index (χ1) is 12.1. The largest absolute Gasteiger partial charge is 0.456 e. The van der Waals surface area contributed by atoms with Gasteiger partial charge < -0.3 is 9.84 Å². The van der Waals surface area contributed by atoms with E-state index in [0.29, 0.717) is 11.8 Å². The van der Waals surface area contributed by atoms with Gasteiger partial charge in [-0.05, 0) is 100 Å². The molecule has 8 rings (SSSR count). The van der Waals surface area contributed by atoms with Crippen LogP contribution in [0, 0.1) is 46.8 Å². The predicted molar refractivity (Wildman–Crippen MR) is 93.6 cm³/mol. The standard InChI is InChI=1S/C22H32O3/c23-12-22(18-5-13-1-14(7-18)8-19(22)6-13)25-20(24)21-9-15-2-16(10-21)4-17(3-15)11-21/h13-19,23H,1-12H2. The van der Waals surface area contributed by atoms with Crippen LogP contribution in [0.3, 0.4) is 0 Å². The van der Waals surface area contributed by atoms with Gasteiger partial charge in [0.15, 0.2) is 0 Å². The second-order valence-electron chi connectivity index (χ2n) is 11.0. The molecule has 0 unspecified atom stereocenters. The van der Waals surface area contributed by atoms with E-state index < -0.39 is 5.60 Å². The lowest BCUT2D eigenvalue weighted by Crippen LogP contribution is -2.63. The number of rotatable bonds is 3. The van der Waals surface area contributed by atoms with Gasteiger partial charge in [-0.2, -0.15) is 0 Å². The van der Waals surface area contributed by atoms with Gasteiger partial charge in [-0.15, -0.1) is 0 Å². The molecule has 1 N–H and O–H groups in total. The van der Waals surface area contributed by atoms with Crippen LogP contribution in [0.2, 0.25) is 0 Å². The minimum absolute atomic E-state index is 0.0554. The molecule has 0 heterocycles. The molecule has 8 saturated carbocycles. The second kappa shape index (κ2) is 5.03. The lowest BCUT2D eigenvalue weighted by molar-refractivity contribution is -0.236. The molecule has 8 aliphatic carbocycles. The molecule has 138 valence electrons. The van der Waals surface area contributed by atoms with Crippen LogP contribution in [0.15, 0.2) is 0 Å². The maximum Gasteiger partial charge on any atom is 0.312 e. The minimum atomic E-state index is -0.534. The van der Waals surface area contributed by atoms with E-state index in [2.05, 4.69) is 0 Å². The minimum Gasteiger partial charge on any atom is -0.456 e. The van der Waals surface area contributed by atoms with E-state index in [0.717, 1.165) is 48.9 Å². The molecule has 0 aromatic rings. The van der Waals surface area contributed by atoms with E-state index in [-0.39, 0.29) is 18.0 Å². The van der Waals surface area contributed by atoms with Gasteiger partial charge in [-0.25, -0.2) is 0 Å². The fourth-order valence-corrected chi connectivity index (χ4v) is 9.08. The molecule has 0 spiro atoms. The molecule has 8 bridgehead atoms. The van der Waals surface area contributed by atoms with E-state index in [9.17, 15) is 9.90 Å². The molecule has 8 aliphatic rings. The zero-order valence-electron chi connectivity index (χ0n) is 15.3. The van der Waals surface area contributed by atoms with Crippen LogP contribution >= 0.6 is 0 Å². The quantitative estimate of drug-likeness (QED) is 0.789. The number of aliphatic hydroxyl groups is 1. The van der Waals surface area contributed by atoms with Crippen LogP contribution < -0.4 is 0 Å². The Hall–Kier alpha value is -0.570. The highest BCUT2D eigenvalue weighted by Gasteiger charge is 2.62. The van der Waals surface area contributed by atoms with Crippen molar-refractivity contribution in [3.63, 3.8) is 0 Å². The van der Waals surface area contributed by atoms with Crippen LogP contribution in [-0.4, -0.2) is 23.3 Å². The van der Waals surface area contributed by atoms with E-state index in [1.54, 1.807) is 0 Å². The number of aliphatic hydroxyl groups excluding tert-OH is 1. The predicted octanol–water partition coefficient (Wildman–Crippen LogP) is 3.93.